The molecule has 41 heavy (non-hydrogen) atoms. The van der Waals surface area contributed by atoms with Crippen LogP contribution in [0.3, 0.4) is 0 Å². The van der Waals surface area contributed by atoms with E-state index in [-0.39, 0.29) is 18.0 Å². The number of amides is 2. The summed E-state index contributed by atoms with van der Waals surface area (Å²) in [6.07, 6.45) is 0.474. The van der Waals surface area contributed by atoms with Crippen LogP contribution in [0.2, 0.25) is 0 Å². The molecule has 5 rings (SSSR count). The molecule has 1 atom stereocenters. The number of methoxy groups -OCH3 is 2. The van der Waals surface area contributed by atoms with Gasteiger partial charge in [-0.2, -0.15) is 5.10 Å². The second-order valence-electron chi connectivity index (χ2n) is 9.78. The number of hydrogen-bond donors (Lipinski definition) is 0. The molecule has 9 nitrogen and oxygen atoms in total. The van der Waals surface area contributed by atoms with Gasteiger partial charge >= 0.3 is 0 Å². The molecule has 216 valence electrons. The Bertz CT molecular complexity index is 1390. The molecule has 1 fully saturated rings. The summed E-state index contributed by atoms with van der Waals surface area (Å²) in [5.74, 6) is -0.0332. The van der Waals surface area contributed by atoms with Gasteiger partial charge in [0.1, 0.15) is 23.9 Å². The van der Waals surface area contributed by atoms with Crippen molar-refractivity contribution in [2.45, 2.75) is 12.5 Å². The lowest BCUT2D eigenvalue weighted by Crippen LogP contribution is -2.46. The fourth-order valence-electron chi connectivity index (χ4n) is 5.05. The highest BCUT2D eigenvalue weighted by Gasteiger charge is 2.36. The average Bonchev–Trinajstić information content (AvgIpc) is 3.70. The molecule has 0 radical (unpaired) electrons. The van der Waals surface area contributed by atoms with Gasteiger partial charge in [-0.05, 0) is 47.8 Å². The molecule has 0 bridgehead atoms. The van der Waals surface area contributed by atoms with E-state index in [1.54, 1.807) is 37.7 Å². The van der Waals surface area contributed by atoms with Gasteiger partial charge in [0.2, 0.25) is 0 Å². The molecule has 0 aliphatic carbocycles. The van der Waals surface area contributed by atoms with Crippen LogP contribution >= 0.6 is 11.3 Å². The van der Waals surface area contributed by atoms with E-state index in [1.165, 1.54) is 28.1 Å². The van der Waals surface area contributed by atoms with Crippen molar-refractivity contribution in [3.05, 3.63) is 81.8 Å². The first-order chi connectivity index (χ1) is 20.0. The van der Waals surface area contributed by atoms with Gasteiger partial charge in [0.15, 0.2) is 0 Å². The molecule has 1 saturated heterocycles. The van der Waals surface area contributed by atoms with E-state index in [9.17, 15) is 14.0 Å². The fraction of sp³-hybridized carbons (Fsp3) is 0.367. The Labute approximate surface area is 242 Å². The van der Waals surface area contributed by atoms with E-state index in [0.29, 0.717) is 44.2 Å². The van der Waals surface area contributed by atoms with E-state index >= 15 is 0 Å². The zero-order chi connectivity index (χ0) is 28.8. The van der Waals surface area contributed by atoms with Crippen LogP contribution in [-0.4, -0.2) is 92.5 Å². The Morgan fingerprint density at radius 2 is 1.93 bits per heavy atom. The number of benzene rings is 2. The van der Waals surface area contributed by atoms with Gasteiger partial charge < -0.3 is 19.1 Å². The molecule has 2 aromatic carbocycles. The maximum Gasteiger partial charge on any atom is 0.262 e. The number of hydrazone groups is 1. The highest BCUT2D eigenvalue weighted by atomic mass is 32.1. The minimum atomic E-state index is -0.509. The number of thiophene rings is 1. The predicted octanol–water partition coefficient (Wildman–Crippen LogP) is 4.06. The first-order valence-electron chi connectivity index (χ1n) is 13.5. The van der Waals surface area contributed by atoms with Gasteiger partial charge in [-0.1, -0.05) is 12.1 Å². The molecule has 1 unspecified atom stereocenters. The fourth-order valence-corrected chi connectivity index (χ4v) is 5.77. The Morgan fingerprint density at radius 1 is 1.10 bits per heavy atom. The van der Waals surface area contributed by atoms with Crippen molar-refractivity contribution in [3.63, 3.8) is 0 Å². The smallest absolute Gasteiger partial charge is 0.262 e. The van der Waals surface area contributed by atoms with Crippen molar-refractivity contribution >= 4 is 28.9 Å². The van der Waals surface area contributed by atoms with Crippen LogP contribution < -0.4 is 9.47 Å². The Kier molecular flexibility index (Phi) is 9.28. The summed E-state index contributed by atoms with van der Waals surface area (Å²) in [5, 5.41) is 8.18. The third-order valence-corrected chi connectivity index (χ3v) is 8.16. The minimum Gasteiger partial charge on any atom is -0.497 e. The second kappa shape index (κ2) is 13.2. The summed E-state index contributed by atoms with van der Waals surface area (Å²) in [5.41, 5.74) is 1.72. The van der Waals surface area contributed by atoms with E-state index in [0.717, 1.165) is 29.2 Å². The highest BCUT2D eigenvalue weighted by Crippen LogP contribution is 2.39. The molecule has 1 aromatic heterocycles. The first kappa shape index (κ1) is 28.7. The number of carbonyl (C=O) groups is 2. The van der Waals surface area contributed by atoms with Crippen LogP contribution in [0.25, 0.3) is 0 Å². The number of carbonyl (C=O) groups excluding carboxylic acids is 2. The summed E-state index contributed by atoms with van der Waals surface area (Å²) in [6.45, 7) is 3.37. The Hall–Kier alpha value is -3.80. The second-order valence-corrected chi connectivity index (χ2v) is 10.7. The monoisotopic (exact) mass is 580 g/mol. The van der Waals surface area contributed by atoms with Gasteiger partial charge in [-0.25, -0.2) is 9.40 Å². The molecule has 0 saturated carbocycles. The summed E-state index contributed by atoms with van der Waals surface area (Å²) < 4.78 is 30.6. The number of morpholine rings is 1. The Balaban J connectivity index is 1.44. The van der Waals surface area contributed by atoms with Gasteiger partial charge in [-0.3, -0.25) is 14.5 Å². The number of nitrogens with zero attached hydrogens (tertiary/aromatic N) is 4. The summed E-state index contributed by atoms with van der Waals surface area (Å²) in [7, 11) is 3.17. The van der Waals surface area contributed by atoms with E-state index in [4.69, 9.17) is 19.3 Å². The largest absolute Gasteiger partial charge is 0.497 e. The minimum absolute atomic E-state index is 0.190. The van der Waals surface area contributed by atoms with Crippen molar-refractivity contribution in [2.24, 2.45) is 5.10 Å². The third kappa shape index (κ3) is 6.75. The van der Waals surface area contributed by atoms with Crippen LogP contribution in [0.5, 0.6) is 11.5 Å². The van der Waals surface area contributed by atoms with Crippen molar-refractivity contribution in [1.29, 1.82) is 0 Å². The molecule has 2 amide bonds. The van der Waals surface area contributed by atoms with E-state index in [2.05, 4.69) is 4.90 Å². The van der Waals surface area contributed by atoms with Crippen LogP contribution in [0.15, 0.2) is 65.1 Å². The summed E-state index contributed by atoms with van der Waals surface area (Å²) in [6, 6.07) is 14.5. The standard InChI is InChI=1S/C30H33FN4O5S/c1-38-23-8-9-27(39-2)24(18-23)26-19-25(28-7-4-16-41-28)32-35(26)29(36)20-34(11-10-33-12-14-40-15-13-33)30(37)21-5-3-6-22(31)17-21/h3-9,16-18,26H,10-15,19-20H2,1-2H3. The van der Waals surface area contributed by atoms with Crippen LogP contribution in [0.1, 0.15) is 33.3 Å². The number of hydrogen-bond acceptors (Lipinski definition) is 8. The van der Waals surface area contributed by atoms with Crippen LogP contribution in [0.4, 0.5) is 4.39 Å². The third-order valence-electron chi connectivity index (χ3n) is 7.24. The Morgan fingerprint density at radius 3 is 2.63 bits per heavy atom. The number of rotatable bonds is 10. The van der Waals surface area contributed by atoms with Crippen LogP contribution in [0, 0.1) is 5.82 Å². The lowest BCUT2D eigenvalue weighted by molar-refractivity contribution is -0.133. The maximum absolute atomic E-state index is 14.0. The van der Waals surface area contributed by atoms with Gasteiger partial charge in [0.25, 0.3) is 11.8 Å². The quantitative estimate of drug-likeness (QED) is 0.360. The molecule has 0 N–H and O–H groups in total. The molecule has 0 spiro atoms. The maximum atomic E-state index is 14.0. The van der Waals surface area contributed by atoms with Gasteiger partial charge in [0.05, 0.1) is 44.1 Å². The van der Waals surface area contributed by atoms with Crippen LogP contribution in [-0.2, 0) is 9.53 Å². The van der Waals surface area contributed by atoms with E-state index in [1.807, 2.05) is 29.6 Å². The zero-order valence-corrected chi connectivity index (χ0v) is 23.9. The number of ether oxygens (including phenoxy) is 3. The molecular weight excluding hydrogens is 547 g/mol. The highest BCUT2D eigenvalue weighted by molar-refractivity contribution is 7.12. The molecule has 2 aliphatic rings. The van der Waals surface area contributed by atoms with Crippen molar-refractivity contribution < 1.29 is 28.2 Å². The van der Waals surface area contributed by atoms with Crippen molar-refractivity contribution in [2.75, 3.05) is 60.2 Å². The zero-order valence-electron chi connectivity index (χ0n) is 23.1. The van der Waals surface area contributed by atoms with Crippen molar-refractivity contribution in [1.82, 2.24) is 14.8 Å². The molecular formula is C30H33FN4O5S. The molecule has 2 aliphatic heterocycles. The van der Waals surface area contributed by atoms with Gasteiger partial charge in [-0.15, -0.1) is 11.3 Å². The van der Waals surface area contributed by atoms with Crippen molar-refractivity contribution in [3.8, 4) is 11.5 Å². The lowest BCUT2D eigenvalue weighted by Gasteiger charge is -2.31. The normalized spacial score (nSPS) is 17.3. The lowest BCUT2D eigenvalue weighted by atomic mass is 9.99. The number of halogens is 1. The SMILES string of the molecule is COc1ccc(OC)c(C2CC(c3cccs3)=NN2C(=O)CN(CCN2CCOCC2)C(=O)c2cccc(F)c2)c1. The first-order valence-corrected chi connectivity index (χ1v) is 14.3. The predicted molar refractivity (Wildman–Crippen MR) is 154 cm³/mol. The molecule has 3 heterocycles. The summed E-state index contributed by atoms with van der Waals surface area (Å²) >= 11 is 1.55. The van der Waals surface area contributed by atoms with E-state index < -0.39 is 17.8 Å². The molecule has 11 heteroatoms. The average molecular weight is 581 g/mol. The molecule has 3 aromatic rings. The summed E-state index contributed by atoms with van der Waals surface area (Å²) in [4.78, 5) is 32.2. The topological polar surface area (TPSA) is 83.9 Å². The van der Waals surface area contributed by atoms with Gasteiger partial charge in [0, 0.05) is 43.7 Å².